The molecule has 0 bridgehead atoms. The van der Waals surface area contributed by atoms with Crippen LogP contribution in [-0.2, 0) is 25.1 Å². The molecule has 1 amide bonds. The summed E-state index contributed by atoms with van der Waals surface area (Å²) >= 11 is 0. The zero-order chi connectivity index (χ0) is 14.3. The molecule has 0 aromatic rings. The van der Waals surface area contributed by atoms with Crippen molar-refractivity contribution in [1.29, 1.82) is 0 Å². The van der Waals surface area contributed by atoms with E-state index in [1.165, 1.54) is 0 Å². The van der Waals surface area contributed by atoms with Crippen LogP contribution >= 0.6 is 0 Å². The normalized spacial score (nSPS) is 35.2. The monoisotopic (exact) mass is 249 g/mol. The summed E-state index contributed by atoms with van der Waals surface area (Å²) < 4.78 is 32.3. The summed E-state index contributed by atoms with van der Waals surface area (Å²) in [5.74, 6) is -0.896. The van der Waals surface area contributed by atoms with Crippen LogP contribution in [-0.4, -0.2) is 45.7 Å². The molecule has 0 aromatic carbocycles. The molecule has 0 N–H and O–H groups in total. The number of hydrogen-bond acceptors (Lipinski definition) is 4. The maximum atomic E-state index is 12.2. The molecule has 0 radical (unpaired) electrons. The average molecular weight is 249 g/mol. The van der Waals surface area contributed by atoms with E-state index >= 15 is 0 Å². The van der Waals surface area contributed by atoms with Crippen LogP contribution in [0.5, 0.6) is 0 Å². The van der Waals surface area contributed by atoms with Crippen molar-refractivity contribution in [3.8, 4) is 0 Å². The molecule has 1 aliphatic heterocycles. The van der Waals surface area contributed by atoms with Crippen molar-refractivity contribution in [2.24, 2.45) is 5.41 Å². The Labute approximate surface area is 100 Å². The first-order valence-electron chi connectivity index (χ1n) is 5.80. The standard InChI is InChI=1S/C10H17NO4S/c1-10(2,3)9-11(6-12)7(5-16(9)14)8(13)15-4/h6-7,9H,5H2,1-4H3/t7-,9+,16?/m0/s1/i5D2. The number of ether oxygens (including phenoxy) is 1. The number of esters is 1. The molecule has 0 aliphatic carbocycles. The van der Waals surface area contributed by atoms with Gasteiger partial charge in [0.05, 0.1) is 12.8 Å². The number of amides is 1. The lowest BCUT2D eigenvalue weighted by atomic mass is 9.95. The predicted octanol–water partition coefficient (Wildman–Crippen LogP) is 0.121. The molecule has 1 saturated heterocycles. The summed E-state index contributed by atoms with van der Waals surface area (Å²) in [6, 6.07) is -1.47. The molecule has 5 nitrogen and oxygen atoms in total. The van der Waals surface area contributed by atoms with Gasteiger partial charge in [-0.15, -0.1) is 0 Å². The zero-order valence-corrected chi connectivity index (χ0v) is 10.5. The Balaban J connectivity index is 3.32. The lowest BCUT2D eigenvalue weighted by molar-refractivity contribution is -0.149. The van der Waals surface area contributed by atoms with Crippen molar-refractivity contribution in [1.82, 2.24) is 4.90 Å². The Morgan fingerprint density at radius 1 is 1.62 bits per heavy atom. The van der Waals surface area contributed by atoms with Crippen LogP contribution < -0.4 is 0 Å². The van der Waals surface area contributed by atoms with Gasteiger partial charge in [0.2, 0.25) is 6.41 Å². The number of hydrogen-bond donors (Lipinski definition) is 0. The van der Waals surface area contributed by atoms with Crippen molar-refractivity contribution in [3.63, 3.8) is 0 Å². The fraction of sp³-hybridized carbons (Fsp3) is 0.800. The topological polar surface area (TPSA) is 63.7 Å². The Hall–Kier alpha value is -0.910. The fourth-order valence-electron chi connectivity index (χ4n) is 1.65. The highest BCUT2D eigenvalue weighted by molar-refractivity contribution is 7.86. The van der Waals surface area contributed by atoms with Gasteiger partial charge in [-0.25, -0.2) is 4.79 Å². The lowest BCUT2D eigenvalue weighted by Crippen LogP contribution is -2.46. The second-order valence-electron chi connectivity index (χ2n) is 4.61. The van der Waals surface area contributed by atoms with Crippen molar-refractivity contribution >= 4 is 23.2 Å². The van der Waals surface area contributed by atoms with Gasteiger partial charge in [0.15, 0.2) is 0 Å². The Bertz CT molecular complexity index is 394. The third-order valence-electron chi connectivity index (χ3n) is 2.29. The third-order valence-corrected chi connectivity index (χ3v) is 4.10. The van der Waals surface area contributed by atoms with E-state index in [0.29, 0.717) is 6.41 Å². The largest absolute Gasteiger partial charge is 0.467 e. The van der Waals surface area contributed by atoms with Gasteiger partial charge >= 0.3 is 5.97 Å². The van der Waals surface area contributed by atoms with Gasteiger partial charge < -0.3 is 9.64 Å². The van der Waals surface area contributed by atoms with E-state index in [0.717, 1.165) is 12.0 Å². The van der Waals surface area contributed by atoms with E-state index < -0.39 is 39.3 Å². The van der Waals surface area contributed by atoms with Gasteiger partial charge in [-0.3, -0.25) is 9.00 Å². The second kappa shape index (κ2) is 4.53. The summed E-state index contributed by atoms with van der Waals surface area (Å²) in [7, 11) is -0.890. The van der Waals surface area contributed by atoms with Crippen LogP contribution in [0.1, 0.15) is 23.5 Å². The molecule has 92 valence electrons. The van der Waals surface area contributed by atoms with Crippen molar-refractivity contribution in [3.05, 3.63) is 0 Å². The number of carbonyl (C=O) groups is 2. The van der Waals surface area contributed by atoms with Crippen LogP contribution in [0.15, 0.2) is 0 Å². The summed E-state index contributed by atoms with van der Waals surface area (Å²) in [6.45, 7) is 5.21. The zero-order valence-electron chi connectivity index (χ0n) is 11.7. The average Bonchev–Trinajstić information content (AvgIpc) is 2.45. The van der Waals surface area contributed by atoms with Gasteiger partial charge in [0.25, 0.3) is 0 Å². The van der Waals surface area contributed by atoms with E-state index in [1.807, 2.05) is 0 Å². The van der Waals surface area contributed by atoms with E-state index in [-0.39, 0.29) is 0 Å². The SMILES string of the molecule is [2H]C1([2H])[C@@H](C(=O)OC)N(C=O)[C@@H](C(C)(C)C)S1=O. The molecule has 6 heteroatoms. The second-order valence-corrected chi connectivity index (χ2v) is 5.89. The minimum absolute atomic E-state index is 0.361. The van der Waals surface area contributed by atoms with Crippen molar-refractivity contribution in [2.75, 3.05) is 12.8 Å². The molecule has 1 rings (SSSR count). The Morgan fingerprint density at radius 3 is 2.56 bits per heavy atom. The predicted molar refractivity (Wildman–Crippen MR) is 60.0 cm³/mol. The van der Waals surface area contributed by atoms with E-state index in [2.05, 4.69) is 4.74 Å². The summed E-state index contributed by atoms with van der Waals surface area (Å²) in [5.41, 5.74) is -2.92. The molecule has 0 saturated carbocycles. The van der Waals surface area contributed by atoms with E-state index in [1.54, 1.807) is 20.8 Å². The number of carbonyl (C=O) groups excluding carboxylic acids is 2. The van der Waals surface area contributed by atoms with Crippen LogP contribution in [0.25, 0.3) is 0 Å². The first-order valence-corrected chi connectivity index (χ1v) is 6.01. The minimum Gasteiger partial charge on any atom is -0.467 e. The Kier molecular flexibility index (Phi) is 2.90. The first-order chi connectivity index (χ1) is 8.08. The van der Waals surface area contributed by atoms with Gasteiger partial charge in [0.1, 0.15) is 11.4 Å². The van der Waals surface area contributed by atoms with Crippen LogP contribution in [0, 0.1) is 5.41 Å². The fourth-order valence-corrected chi connectivity index (χ4v) is 3.25. The van der Waals surface area contributed by atoms with Gasteiger partial charge in [-0.2, -0.15) is 0 Å². The third kappa shape index (κ3) is 2.26. The minimum atomic E-state index is -2.31. The molecule has 1 heterocycles. The van der Waals surface area contributed by atoms with E-state index in [4.69, 9.17) is 2.74 Å². The van der Waals surface area contributed by atoms with Crippen LogP contribution in [0.3, 0.4) is 0 Å². The van der Waals surface area contributed by atoms with Crippen LogP contribution in [0.4, 0.5) is 0 Å². The highest BCUT2D eigenvalue weighted by Gasteiger charge is 2.48. The highest BCUT2D eigenvalue weighted by atomic mass is 32.2. The lowest BCUT2D eigenvalue weighted by Gasteiger charge is -2.32. The molecular formula is C10H17NO4S. The van der Waals surface area contributed by atoms with Crippen molar-refractivity contribution < 1.29 is 21.3 Å². The maximum absolute atomic E-state index is 12.2. The van der Waals surface area contributed by atoms with Gasteiger partial charge in [0, 0.05) is 13.5 Å². The van der Waals surface area contributed by atoms with Gasteiger partial charge in [-0.05, 0) is 5.41 Å². The first kappa shape index (κ1) is 10.3. The molecular weight excluding hydrogens is 230 g/mol. The molecule has 1 unspecified atom stereocenters. The molecule has 3 atom stereocenters. The van der Waals surface area contributed by atoms with Gasteiger partial charge in [-0.1, -0.05) is 20.8 Å². The molecule has 0 aromatic heterocycles. The highest BCUT2D eigenvalue weighted by Crippen LogP contribution is 2.33. The van der Waals surface area contributed by atoms with E-state index in [9.17, 15) is 13.8 Å². The van der Waals surface area contributed by atoms with Crippen LogP contribution in [0.2, 0.25) is 0 Å². The number of methoxy groups -OCH3 is 1. The molecule has 1 fully saturated rings. The smallest absolute Gasteiger partial charge is 0.329 e. The number of nitrogens with zero attached hydrogens (tertiary/aromatic N) is 1. The maximum Gasteiger partial charge on any atom is 0.329 e. The quantitative estimate of drug-likeness (QED) is 0.515. The Morgan fingerprint density at radius 2 is 2.19 bits per heavy atom. The summed E-state index contributed by atoms with van der Waals surface area (Å²) in [5, 5.41) is -0.867. The molecule has 0 spiro atoms. The van der Waals surface area contributed by atoms with Crippen molar-refractivity contribution in [2.45, 2.75) is 32.2 Å². The number of rotatable bonds is 2. The molecule has 16 heavy (non-hydrogen) atoms. The summed E-state index contributed by atoms with van der Waals surface area (Å²) in [6.07, 6.45) is 0.361. The summed E-state index contributed by atoms with van der Waals surface area (Å²) in [4.78, 5) is 23.7. The molecule has 1 aliphatic rings.